The van der Waals surface area contributed by atoms with Gasteiger partial charge in [0.05, 0.1) is 0 Å². The van der Waals surface area contributed by atoms with Crippen molar-refractivity contribution in [1.29, 1.82) is 0 Å². The minimum atomic E-state index is 0.998. The standard InChI is InChI=1S/C29H39N2/c1-8-30(9-2)24-15-17-26(22(6)19-24)28-14-12-13-21(5)29(28)27-18-16-25(20-23(27)7)31(10-3)11-4/h13-20H,8-12H2,1-7H3. The molecule has 0 heterocycles. The Kier molecular flexibility index (Phi) is 7.64. The van der Waals surface area contributed by atoms with Crippen molar-refractivity contribution in [3.63, 3.8) is 0 Å². The molecule has 165 valence electrons. The van der Waals surface area contributed by atoms with Crippen LogP contribution < -0.4 is 9.80 Å². The molecule has 1 aliphatic carbocycles. The lowest BCUT2D eigenvalue weighted by molar-refractivity contribution is 0.865. The first-order valence-corrected chi connectivity index (χ1v) is 11.9. The van der Waals surface area contributed by atoms with E-state index < -0.39 is 0 Å². The first-order valence-electron chi connectivity index (χ1n) is 11.9. The first kappa shape index (κ1) is 23.2. The molecule has 0 N–H and O–H groups in total. The number of allylic oxidation sites excluding steroid dienone is 4. The fourth-order valence-electron chi connectivity index (χ4n) is 4.82. The number of anilines is 2. The van der Waals surface area contributed by atoms with Gasteiger partial charge in [0.2, 0.25) is 0 Å². The van der Waals surface area contributed by atoms with Gasteiger partial charge in [-0.2, -0.15) is 0 Å². The molecule has 2 aromatic rings. The van der Waals surface area contributed by atoms with Crippen LogP contribution >= 0.6 is 0 Å². The fourth-order valence-corrected chi connectivity index (χ4v) is 4.82. The third kappa shape index (κ3) is 4.74. The molecule has 0 amide bonds. The second kappa shape index (κ2) is 10.2. The van der Waals surface area contributed by atoms with Crippen molar-refractivity contribution in [2.45, 2.75) is 54.9 Å². The Bertz CT molecular complexity index is 972. The number of rotatable bonds is 8. The molecule has 31 heavy (non-hydrogen) atoms. The average Bonchev–Trinajstić information content (AvgIpc) is 2.76. The summed E-state index contributed by atoms with van der Waals surface area (Å²) in [6, 6.07) is 13.9. The smallest absolute Gasteiger partial charge is 0.0369 e. The Morgan fingerprint density at radius 2 is 1.16 bits per heavy atom. The van der Waals surface area contributed by atoms with Crippen LogP contribution in [0, 0.1) is 20.3 Å². The van der Waals surface area contributed by atoms with E-state index in [1.165, 1.54) is 50.3 Å². The Hall–Kier alpha value is -2.48. The lowest BCUT2D eigenvalue weighted by atomic mass is 9.81. The molecule has 2 heteroatoms. The van der Waals surface area contributed by atoms with Gasteiger partial charge in [0.25, 0.3) is 0 Å². The fraction of sp³-hybridized carbons (Fsp3) is 0.414. The van der Waals surface area contributed by atoms with Gasteiger partial charge < -0.3 is 9.80 Å². The molecule has 0 aliphatic heterocycles. The molecular weight excluding hydrogens is 376 g/mol. The zero-order valence-corrected chi connectivity index (χ0v) is 20.5. The molecule has 2 nitrogen and oxygen atoms in total. The summed E-state index contributed by atoms with van der Waals surface area (Å²) in [7, 11) is 0. The normalized spacial score (nSPS) is 14.0. The molecule has 0 atom stereocenters. The summed E-state index contributed by atoms with van der Waals surface area (Å²) >= 11 is 0. The summed E-state index contributed by atoms with van der Waals surface area (Å²) in [4.78, 5) is 4.83. The first-order chi connectivity index (χ1) is 14.9. The van der Waals surface area contributed by atoms with E-state index in [4.69, 9.17) is 0 Å². The van der Waals surface area contributed by atoms with E-state index in [-0.39, 0.29) is 0 Å². The summed E-state index contributed by atoms with van der Waals surface area (Å²) in [6.45, 7) is 19.8. The average molecular weight is 416 g/mol. The summed E-state index contributed by atoms with van der Waals surface area (Å²) in [5.41, 5.74) is 12.2. The van der Waals surface area contributed by atoms with Gasteiger partial charge in [-0.1, -0.05) is 18.2 Å². The molecule has 1 radical (unpaired) electrons. The molecule has 0 unspecified atom stereocenters. The van der Waals surface area contributed by atoms with Gasteiger partial charge >= 0.3 is 0 Å². The van der Waals surface area contributed by atoms with Crippen LogP contribution in [0.25, 0.3) is 11.1 Å². The highest BCUT2D eigenvalue weighted by atomic mass is 15.1. The van der Waals surface area contributed by atoms with E-state index in [9.17, 15) is 0 Å². The number of aryl methyl sites for hydroxylation is 2. The van der Waals surface area contributed by atoms with Crippen LogP contribution in [-0.4, -0.2) is 26.2 Å². The van der Waals surface area contributed by atoms with Gasteiger partial charge in [-0.25, -0.2) is 0 Å². The lowest BCUT2D eigenvalue weighted by Gasteiger charge is -2.27. The number of benzene rings is 2. The van der Waals surface area contributed by atoms with E-state index in [2.05, 4.69) is 107 Å². The lowest BCUT2D eigenvalue weighted by Crippen LogP contribution is -2.22. The largest absolute Gasteiger partial charge is 0.372 e. The minimum Gasteiger partial charge on any atom is -0.372 e. The Morgan fingerprint density at radius 1 is 0.677 bits per heavy atom. The van der Waals surface area contributed by atoms with Crippen LogP contribution in [0.3, 0.4) is 0 Å². The van der Waals surface area contributed by atoms with Crippen LogP contribution in [0.15, 0.2) is 48.0 Å². The maximum Gasteiger partial charge on any atom is 0.0369 e. The third-order valence-corrected chi connectivity index (χ3v) is 6.65. The van der Waals surface area contributed by atoms with Crippen molar-refractivity contribution in [2.24, 2.45) is 0 Å². The summed E-state index contributed by atoms with van der Waals surface area (Å²) in [5.74, 6) is 0. The maximum atomic E-state index is 2.41. The van der Waals surface area contributed by atoms with Crippen molar-refractivity contribution in [3.05, 3.63) is 76.7 Å². The SMILES string of the molecule is CCN(CC)c1ccc(C2=C(c3ccc(N(CC)CC)cc3C)C(C)=CC[CH]2)c(C)c1. The number of nitrogens with zero attached hydrogens (tertiary/aromatic N) is 2. The highest BCUT2D eigenvalue weighted by Crippen LogP contribution is 2.41. The second-order valence-corrected chi connectivity index (χ2v) is 8.46. The maximum absolute atomic E-state index is 2.41. The minimum absolute atomic E-state index is 0.998. The van der Waals surface area contributed by atoms with Crippen LogP contribution in [-0.2, 0) is 0 Å². The van der Waals surface area contributed by atoms with Crippen molar-refractivity contribution in [2.75, 3.05) is 36.0 Å². The summed E-state index contributed by atoms with van der Waals surface area (Å²) < 4.78 is 0. The Morgan fingerprint density at radius 3 is 1.61 bits per heavy atom. The molecule has 1 aliphatic rings. The van der Waals surface area contributed by atoms with Gasteiger partial charge in [0.1, 0.15) is 0 Å². The molecule has 0 fully saturated rings. The Balaban J connectivity index is 2.11. The van der Waals surface area contributed by atoms with E-state index in [0.717, 1.165) is 32.6 Å². The molecule has 0 aromatic heterocycles. The molecule has 0 spiro atoms. The van der Waals surface area contributed by atoms with Gasteiger partial charge in [-0.15, -0.1) is 0 Å². The summed E-state index contributed by atoms with van der Waals surface area (Å²) in [6.07, 6.45) is 5.76. The number of hydrogen-bond donors (Lipinski definition) is 0. The predicted molar refractivity (Wildman–Crippen MR) is 139 cm³/mol. The molecule has 0 saturated carbocycles. The van der Waals surface area contributed by atoms with Gasteiger partial charge in [-0.05, 0) is 125 Å². The van der Waals surface area contributed by atoms with Crippen LogP contribution in [0.5, 0.6) is 0 Å². The highest BCUT2D eigenvalue weighted by Gasteiger charge is 2.20. The van der Waals surface area contributed by atoms with Crippen LogP contribution in [0.1, 0.15) is 63.3 Å². The van der Waals surface area contributed by atoms with Crippen molar-refractivity contribution in [3.8, 4) is 0 Å². The summed E-state index contributed by atoms with van der Waals surface area (Å²) in [5, 5.41) is 0. The van der Waals surface area contributed by atoms with E-state index in [0.29, 0.717) is 0 Å². The topological polar surface area (TPSA) is 6.48 Å². The van der Waals surface area contributed by atoms with Crippen LogP contribution in [0.2, 0.25) is 0 Å². The highest BCUT2D eigenvalue weighted by molar-refractivity contribution is 6.03. The van der Waals surface area contributed by atoms with Crippen molar-refractivity contribution >= 4 is 22.5 Å². The predicted octanol–water partition coefficient (Wildman–Crippen LogP) is 7.46. The molecular formula is C29H39N2. The quantitative estimate of drug-likeness (QED) is 0.441. The van der Waals surface area contributed by atoms with Crippen molar-refractivity contribution in [1.82, 2.24) is 0 Å². The third-order valence-electron chi connectivity index (χ3n) is 6.65. The monoisotopic (exact) mass is 415 g/mol. The molecule has 3 rings (SSSR count). The Labute approximate surface area is 190 Å². The van der Waals surface area contributed by atoms with Crippen molar-refractivity contribution < 1.29 is 0 Å². The number of hydrogen-bond acceptors (Lipinski definition) is 2. The molecule has 2 aromatic carbocycles. The molecule has 0 bridgehead atoms. The van der Waals surface area contributed by atoms with Gasteiger partial charge in [0, 0.05) is 37.6 Å². The zero-order valence-electron chi connectivity index (χ0n) is 20.5. The van der Waals surface area contributed by atoms with Gasteiger partial charge in [0.15, 0.2) is 0 Å². The van der Waals surface area contributed by atoms with E-state index >= 15 is 0 Å². The van der Waals surface area contributed by atoms with Gasteiger partial charge in [-0.3, -0.25) is 0 Å². The van der Waals surface area contributed by atoms with E-state index in [1.807, 2.05) is 0 Å². The zero-order chi connectivity index (χ0) is 22.5. The molecule has 0 saturated heterocycles. The van der Waals surface area contributed by atoms with Crippen LogP contribution in [0.4, 0.5) is 11.4 Å². The van der Waals surface area contributed by atoms with E-state index in [1.54, 1.807) is 0 Å². The second-order valence-electron chi connectivity index (χ2n) is 8.46.